The lowest BCUT2D eigenvalue weighted by Gasteiger charge is -2.06. The van der Waals surface area contributed by atoms with Crippen molar-refractivity contribution < 1.29 is 9.90 Å². The second-order valence-electron chi connectivity index (χ2n) is 3.65. The summed E-state index contributed by atoms with van der Waals surface area (Å²) in [6.45, 7) is 5.59. The van der Waals surface area contributed by atoms with Gasteiger partial charge in [-0.05, 0) is 19.4 Å². The van der Waals surface area contributed by atoms with Gasteiger partial charge in [-0.1, -0.05) is 13.8 Å². The molecule has 16 heavy (non-hydrogen) atoms. The van der Waals surface area contributed by atoms with Crippen molar-refractivity contribution in [3.8, 4) is 0 Å². The molecule has 0 spiro atoms. The van der Waals surface area contributed by atoms with Crippen LogP contribution in [0.2, 0.25) is 0 Å². The minimum Gasteiger partial charge on any atom is -0.481 e. The molecule has 4 nitrogen and oxygen atoms in total. The van der Waals surface area contributed by atoms with Gasteiger partial charge >= 0.3 is 5.97 Å². The summed E-state index contributed by atoms with van der Waals surface area (Å²) in [7, 11) is 0. The molecular formula is C11H16N2O2S. The third kappa shape index (κ3) is 3.81. The van der Waals surface area contributed by atoms with Crippen LogP contribution in [0, 0.1) is 12.8 Å². The predicted molar refractivity (Wildman–Crippen MR) is 63.7 cm³/mol. The summed E-state index contributed by atoms with van der Waals surface area (Å²) >= 11 is 1.47. The molecule has 1 aromatic rings. The largest absolute Gasteiger partial charge is 0.481 e. The first-order chi connectivity index (χ1) is 7.52. The molecule has 1 aromatic heterocycles. The number of hydrogen-bond donors (Lipinski definition) is 1. The monoisotopic (exact) mass is 240 g/mol. The fourth-order valence-electron chi connectivity index (χ4n) is 1.14. The number of carboxylic acid groups (broad SMARTS) is 1. The third-order valence-electron chi connectivity index (χ3n) is 2.13. The zero-order chi connectivity index (χ0) is 12.1. The average molecular weight is 240 g/mol. The van der Waals surface area contributed by atoms with Gasteiger partial charge in [0.15, 0.2) is 0 Å². The SMILES string of the molecule is CCc1cc(SCC(C)C(=O)O)nc(C)n1. The number of hydrogen-bond acceptors (Lipinski definition) is 4. The van der Waals surface area contributed by atoms with Crippen LogP contribution in [0.25, 0.3) is 0 Å². The fourth-order valence-corrected chi connectivity index (χ4v) is 2.12. The second-order valence-corrected chi connectivity index (χ2v) is 4.69. The molecule has 1 rings (SSSR count). The molecule has 0 saturated heterocycles. The van der Waals surface area contributed by atoms with E-state index in [1.54, 1.807) is 6.92 Å². The number of aromatic nitrogens is 2. The van der Waals surface area contributed by atoms with E-state index in [0.29, 0.717) is 5.75 Å². The first kappa shape index (κ1) is 13.0. The lowest BCUT2D eigenvalue weighted by atomic mass is 10.2. The van der Waals surface area contributed by atoms with E-state index in [4.69, 9.17) is 5.11 Å². The number of aliphatic carboxylic acids is 1. The zero-order valence-corrected chi connectivity index (χ0v) is 10.5. The van der Waals surface area contributed by atoms with E-state index in [0.717, 1.165) is 23.0 Å². The van der Waals surface area contributed by atoms with Crippen molar-refractivity contribution in [2.24, 2.45) is 5.92 Å². The van der Waals surface area contributed by atoms with Crippen LogP contribution in [0.4, 0.5) is 0 Å². The van der Waals surface area contributed by atoms with Gasteiger partial charge in [0.05, 0.1) is 10.9 Å². The van der Waals surface area contributed by atoms with Gasteiger partial charge < -0.3 is 5.11 Å². The van der Waals surface area contributed by atoms with Gasteiger partial charge in [0.1, 0.15) is 5.82 Å². The molecular weight excluding hydrogens is 224 g/mol. The molecule has 0 saturated carbocycles. The van der Waals surface area contributed by atoms with Gasteiger partial charge in [0, 0.05) is 11.4 Å². The number of nitrogens with zero attached hydrogens (tertiary/aromatic N) is 2. The van der Waals surface area contributed by atoms with E-state index in [2.05, 4.69) is 9.97 Å². The molecule has 0 aliphatic carbocycles. The van der Waals surface area contributed by atoms with Crippen LogP contribution in [-0.2, 0) is 11.2 Å². The predicted octanol–water partition coefficient (Wildman–Crippen LogP) is 2.16. The molecule has 1 atom stereocenters. The van der Waals surface area contributed by atoms with Crippen LogP contribution in [0.3, 0.4) is 0 Å². The lowest BCUT2D eigenvalue weighted by molar-refractivity contribution is -0.140. The van der Waals surface area contributed by atoms with Crippen molar-refractivity contribution in [3.63, 3.8) is 0 Å². The van der Waals surface area contributed by atoms with Crippen molar-refractivity contribution in [1.29, 1.82) is 0 Å². The Morgan fingerprint density at radius 1 is 1.56 bits per heavy atom. The molecule has 0 aromatic carbocycles. The van der Waals surface area contributed by atoms with E-state index in [-0.39, 0.29) is 5.92 Å². The summed E-state index contributed by atoms with van der Waals surface area (Å²) < 4.78 is 0. The molecule has 0 aliphatic rings. The highest BCUT2D eigenvalue weighted by Crippen LogP contribution is 2.19. The number of rotatable bonds is 5. The summed E-state index contributed by atoms with van der Waals surface area (Å²) in [5.41, 5.74) is 0.998. The summed E-state index contributed by atoms with van der Waals surface area (Å²) in [5, 5.41) is 9.63. The normalized spacial score (nSPS) is 12.4. The van der Waals surface area contributed by atoms with Crippen molar-refractivity contribution in [3.05, 3.63) is 17.6 Å². The maximum absolute atomic E-state index is 10.7. The summed E-state index contributed by atoms with van der Waals surface area (Å²) in [6, 6.07) is 1.92. The van der Waals surface area contributed by atoms with Crippen LogP contribution in [-0.4, -0.2) is 26.8 Å². The summed E-state index contributed by atoms with van der Waals surface area (Å²) in [5.74, 6) is 0.152. The Morgan fingerprint density at radius 2 is 2.25 bits per heavy atom. The maximum atomic E-state index is 10.7. The molecule has 1 unspecified atom stereocenters. The molecule has 0 aliphatic heterocycles. The Balaban J connectivity index is 2.66. The summed E-state index contributed by atoms with van der Waals surface area (Å²) in [4.78, 5) is 19.2. The first-order valence-corrected chi connectivity index (χ1v) is 6.21. The van der Waals surface area contributed by atoms with Crippen molar-refractivity contribution >= 4 is 17.7 Å². The molecule has 0 bridgehead atoms. The van der Waals surface area contributed by atoms with Gasteiger partial charge in [0.2, 0.25) is 0 Å². The van der Waals surface area contributed by atoms with Crippen LogP contribution in [0.15, 0.2) is 11.1 Å². The Hall–Kier alpha value is -1.10. The first-order valence-electron chi connectivity index (χ1n) is 5.23. The van der Waals surface area contributed by atoms with Gasteiger partial charge in [0.25, 0.3) is 0 Å². The zero-order valence-electron chi connectivity index (χ0n) is 9.73. The molecule has 5 heteroatoms. The van der Waals surface area contributed by atoms with Gasteiger partial charge in [-0.15, -0.1) is 11.8 Å². The lowest BCUT2D eigenvalue weighted by Crippen LogP contribution is -2.12. The molecule has 1 N–H and O–H groups in total. The van der Waals surface area contributed by atoms with Crippen molar-refractivity contribution in [2.45, 2.75) is 32.2 Å². The van der Waals surface area contributed by atoms with Crippen molar-refractivity contribution in [2.75, 3.05) is 5.75 Å². The third-order valence-corrected chi connectivity index (χ3v) is 3.30. The maximum Gasteiger partial charge on any atom is 0.307 e. The Morgan fingerprint density at radius 3 is 2.81 bits per heavy atom. The molecule has 0 radical (unpaired) electrons. The highest BCUT2D eigenvalue weighted by Gasteiger charge is 2.12. The standard InChI is InChI=1S/C11H16N2O2S/c1-4-9-5-10(13-8(3)12-9)16-6-7(2)11(14)15/h5,7H,4,6H2,1-3H3,(H,14,15). The Bertz CT molecular complexity index is 382. The average Bonchev–Trinajstić information content (AvgIpc) is 2.24. The van der Waals surface area contributed by atoms with E-state index < -0.39 is 5.97 Å². The molecule has 0 fully saturated rings. The summed E-state index contributed by atoms with van der Waals surface area (Å²) in [6.07, 6.45) is 0.866. The van der Waals surface area contributed by atoms with Crippen LogP contribution < -0.4 is 0 Å². The Labute approximate surface area is 99.5 Å². The minimum atomic E-state index is -0.769. The molecule has 1 heterocycles. The van der Waals surface area contributed by atoms with Gasteiger partial charge in [-0.25, -0.2) is 9.97 Å². The van der Waals surface area contributed by atoms with E-state index in [9.17, 15) is 4.79 Å². The number of aryl methyl sites for hydroxylation is 2. The molecule has 88 valence electrons. The number of carboxylic acids is 1. The topological polar surface area (TPSA) is 63.1 Å². The number of carbonyl (C=O) groups is 1. The van der Waals surface area contributed by atoms with Crippen LogP contribution >= 0.6 is 11.8 Å². The second kappa shape index (κ2) is 5.84. The van der Waals surface area contributed by atoms with E-state index in [1.807, 2.05) is 19.9 Å². The molecule has 0 amide bonds. The number of thioether (sulfide) groups is 1. The minimum absolute atomic E-state index is 0.356. The quantitative estimate of drug-likeness (QED) is 0.631. The van der Waals surface area contributed by atoms with Crippen LogP contribution in [0.1, 0.15) is 25.4 Å². The smallest absolute Gasteiger partial charge is 0.307 e. The van der Waals surface area contributed by atoms with E-state index >= 15 is 0 Å². The van der Waals surface area contributed by atoms with E-state index in [1.165, 1.54) is 11.8 Å². The Kier molecular flexibility index (Phi) is 4.73. The van der Waals surface area contributed by atoms with Crippen LogP contribution in [0.5, 0.6) is 0 Å². The highest BCUT2D eigenvalue weighted by molar-refractivity contribution is 7.99. The fraction of sp³-hybridized carbons (Fsp3) is 0.545. The van der Waals surface area contributed by atoms with Crippen molar-refractivity contribution in [1.82, 2.24) is 9.97 Å². The van der Waals surface area contributed by atoms with Gasteiger partial charge in [-0.3, -0.25) is 4.79 Å². The van der Waals surface area contributed by atoms with Gasteiger partial charge in [-0.2, -0.15) is 0 Å². The highest BCUT2D eigenvalue weighted by atomic mass is 32.2.